The Kier molecular flexibility index (Phi) is 6.82. The molecule has 0 radical (unpaired) electrons. The minimum absolute atomic E-state index is 0.0975. The van der Waals surface area contributed by atoms with Crippen molar-refractivity contribution in [3.05, 3.63) is 49.7 Å². The number of carbonyl (C=O) groups is 1. The van der Waals surface area contributed by atoms with Crippen molar-refractivity contribution in [2.75, 3.05) is 60.9 Å². The number of nitrogens with one attached hydrogen (secondary N) is 1. The summed E-state index contributed by atoms with van der Waals surface area (Å²) in [6, 6.07) is 7.89. The first-order valence-corrected chi connectivity index (χ1v) is 13.0. The summed E-state index contributed by atoms with van der Waals surface area (Å²) in [5.41, 5.74) is 1.52. The fraction of sp³-hybridized carbons (Fsp3) is 0.577. The van der Waals surface area contributed by atoms with Gasteiger partial charge in [0.25, 0.3) is 10.9 Å². The van der Waals surface area contributed by atoms with Crippen LogP contribution in [0.25, 0.3) is 0 Å². The summed E-state index contributed by atoms with van der Waals surface area (Å²) in [6.45, 7) is 5.57. The lowest BCUT2D eigenvalue weighted by Crippen LogP contribution is -2.50. The molecule has 2 saturated heterocycles. The molecule has 34 heavy (non-hydrogen) atoms. The number of halogens is 1. The first-order chi connectivity index (χ1) is 16.5. The van der Waals surface area contributed by atoms with Crippen molar-refractivity contribution in [2.45, 2.75) is 38.5 Å². The Morgan fingerprint density at radius 3 is 2.29 bits per heavy atom. The van der Waals surface area contributed by atoms with Crippen LogP contribution in [0, 0.1) is 11.8 Å². The van der Waals surface area contributed by atoms with E-state index in [0.29, 0.717) is 23.8 Å². The summed E-state index contributed by atoms with van der Waals surface area (Å²) in [5, 5.41) is 4.02. The Labute approximate surface area is 205 Å². The summed E-state index contributed by atoms with van der Waals surface area (Å²) in [4.78, 5) is 43.6. The largest absolute Gasteiger partial charge is 0.380 e. The summed E-state index contributed by atoms with van der Waals surface area (Å²) in [7, 11) is 0. The molecule has 5 rings (SSSR count). The lowest BCUT2D eigenvalue weighted by molar-refractivity contribution is -0.137. The zero-order chi connectivity index (χ0) is 23.7. The molecule has 1 amide bonds. The van der Waals surface area contributed by atoms with Gasteiger partial charge in [0.2, 0.25) is 5.91 Å². The van der Waals surface area contributed by atoms with Gasteiger partial charge in [-0.2, -0.15) is 0 Å². The molecule has 0 aromatic heterocycles. The van der Waals surface area contributed by atoms with Crippen molar-refractivity contribution in [1.82, 2.24) is 4.90 Å². The number of benzene rings is 1. The number of amides is 1. The molecule has 0 bridgehead atoms. The minimum Gasteiger partial charge on any atom is -0.380 e. The van der Waals surface area contributed by atoms with Crippen LogP contribution in [0.15, 0.2) is 33.9 Å². The molecule has 1 N–H and O–H groups in total. The Hall–Kier alpha value is -2.54. The highest BCUT2D eigenvalue weighted by Crippen LogP contribution is 2.32. The van der Waals surface area contributed by atoms with Gasteiger partial charge in [-0.3, -0.25) is 14.4 Å². The Balaban J connectivity index is 1.08. The van der Waals surface area contributed by atoms with Crippen LogP contribution in [0.4, 0.5) is 17.1 Å². The van der Waals surface area contributed by atoms with Crippen molar-refractivity contribution in [2.24, 2.45) is 11.8 Å². The van der Waals surface area contributed by atoms with Crippen molar-refractivity contribution in [3.8, 4) is 0 Å². The average Bonchev–Trinajstić information content (AvgIpc) is 3.40. The fourth-order valence-corrected chi connectivity index (χ4v) is 5.95. The van der Waals surface area contributed by atoms with E-state index in [9.17, 15) is 14.4 Å². The molecule has 0 unspecified atom stereocenters. The summed E-state index contributed by atoms with van der Waals surface area (Å²) in [6.07, 6.45) is 5.88. The summed E-state index contributed by atoms with van der Waals surface area (Å²) < 4.78 is 0. The van der Waals surface area contributed by atoms with Gasteiger partial charge >= 0.3 is 0 Å². The highest BCUT2D eigenvalue weighted by molar-refractivity contribution is 6.30. The standard InChI is InChI=1S/C26H33ClN4O3/c27-20-4-3-5-21(16-20)29-12-14-31(15-13-29)26(34)19-8-6-18(7-9-19)17-28-22-23(25(33)24(22)32)30-10-1-2-11-30/h3-5,16,18-19,28H,1-2,6-15,17H2. The molecule has 3 fully saturated rings. The molecule has 2 aromatic rings. The van der Waals surface area contributed by atoms with Crippen molar-refractivity contribution >= 4 is 34.6 Å². The second kappa shape index (κ2) is 9.98. The molecule has 3 aliphatic rings. The molecule has 2 heterocycles. The topological polar surface area (TPSA) is 73.0 Å². The molecule has 0 spiro atoms. The Morgan fingerprint density at radius 2 is 1.62 bits per heavy atom. The van der Waals surface area contributed by atoms with Gasteiger partial charge in [-0.25, -0.2) is 0 Å². The number of anilines is 3. The maximum absolute atomic E-state index is 13.1. The molecular weight excluding hydrogens is 452 g/mol. The number of carbonyl (C=O) groups excluding carboxylic acids is 1. The average molecular weight is 485 g/mol. The fourth-order valence-electron chi connectivity index (χ4n) is 5.76. The van der Waals surface area contributed by atoms with Gasteiger partial charge in [-0.1, -0.05) is 17.7 Å². The Morgan fingerprint density at radius 1 is 0.912 bits per heavy atom. The molecule has 182 valence electrons. The third-order valence-corrected chi connectivity index (χ3v) is 8.07. The SMILES string of the molecule is O=C(C1CCC(CNc2c(N3CCCC3)c(=O)c2=O)CC1)N1CCN(c2cccc(Cl)c2)CC1. The quantitative estimate of drug-likeness (QED) is 0.635. The van der Waals surface area contributed by atoms with Gasteiger partial charge in [-0.15, -0.1) is 0 Å². The normalized spacial score (nSPS) is 23.5. The maximum atomic E-state index is 13.1. The van der Waals surface area contributed by atoms with Crippen LogP contribution in [0.2, 0.25) is 5.02 Å². The van der Waals surface area contributed by atoms with Crippen LogP contribution in [0.3, 0.4) is 0 Å². The zero-order valence-corrected chi connectivity index (χ0v) is 20.4. The number of piperazine rings is 1. The summed E-state index contributed by atoms with van der Waals surface area (Å²) in [5.74, 6) is 0.816. The monoisotopic (exact) mass is 484 g/mol. The lowest BCUT2D eigenvalue weighted by atomic mass is 9.81. The first-order valence-electron chi connectivity index (χ1n) is 12.6. The first kappa shape index (κ1) is 23.2. The van der Waals surface area contributed by atoms with E-state index in [0.717, 1.165) is 88.5 Å². The minimum atomic E-state index is -0.373. The predicted molar refractivity (Wildman–Crippen MR) is 137 cm³/mol. The van der Waals surface area contributed by atoms with Crippen LogP contribution >= 0.6 is 11.6 Å². The smallest absolute Gasteiger partial charge is 0.253 e. The van der Waals surface area contributed by atoms with Crippen molar-refractivity contribution in [3.63, 3.8) is 0 Å². The van der Waals surface area contributed by atoms with Gasteiger partial charge in [0.15, 0.2) is 0 Å². The van der Waals surface area contributed by atoms with E-state index in [4.69, 9.17) is 11.6 Å². The molecule has 2 aromatic carbocycles. The van der Waals surface area contributed by atoms with Crippen molar-refractivity contribution in [1.29, 1.82) is 0 Å². The third kappa shape index (κ3) is 4.67. The van der Waals surface area contributed by atoms with Crippen LogP contribution in [0.1, 0.15) is 38.5 Å². The van der Waals surface area contributed by atoms with Gasteiger partial charge in [0.05, 0.1) is 0 Å². The molecule has 7 nitrogen and oxygen atoms in total. The molecule has 1 saturated carbocycles. The van der Waals surface area contributed by atoms with Crippen LogP contribution < -0.4 is 26.0 Å². The van der Waals surface area contributed by atoms with E-state index in [1.54, 1.807) is 0 Å². The van der Waals surface area contributed by atoms with E-state index in [2.05, 4.69) is 16.3 Å². The number of rotatable bonds is 6. The molecule has 2 aliphatic heterocycles. The van der Waals surface area contributed by atoms with Crippen molar-refractivity contribution < 1.29 is 4.79 Å². The van der Waals surface area contributed by atoms with Gasteiger partial charge in [-0.05, 0) is 62.6 Å². The van der Waals surface area contributed by atoms with Crippen LogP contribution in [0.5, 0.6) is 0 Å². The summed E-state index contributed by atoms with van der Waals surface area (Å²) >= 11 is 6.13. The predicted octanol–water partition coefficient (Wildman–Crippen LogP) is 3.10. The lowest BCUT2D eigenvalue weighted by Gasteiger charge is -2.39. The number of hydrogen-bond acceptors (Lipinski definition) is 6. The second-order valence-corrected chi connectivity index (χ2v) is 10.4. The molecule has 0 atom stereocenters. The van der Waals surface area contributed by atoms with Gasteiger partial charge in [0, 0.05) is 62.4 Å². The molecule has 8 heteroatoms. The van der Waals surface area contributed by atoms with Crippen LogP contribution in [-0.4, -0.2) is 56.6 Å². The van der Waals surface area contributed by atoms with E-state index in [1.165, 1.54) is 0 Å². The Bertz CT molecular complexity index is 1090. The molecular formula is C26H33ClN4O3. The van der Waals surface area contributed by atoms with Gasteiger partial charge in [0.1, 0.15) is 11.4 Å². The third-order valence-electron chi connectivity index (χ3n) is 7.84. The molecule has 1 aliphatic carbocycles. The van der Waals surface area contributed by atoms with Crippen LogP contribution in [-0.2, 0) is 4.79 Å². The van der Waals surface area contributed by atoms with E-state index in [-0.39, 0.29) is 22.7 Å². The van der Waals surface area contributed by atoms with E-state index >= 15 is 0 Å². The second-order valence-electron chi connectivity index (χ2n) is 9.97. The number of hydrogen-bond donors (Lipinski definition) is 1. The van der Waals surface area contributed by atoms with E-state index < -0.39 is 0 Å². The maximum Gasteiger partial charge on any atom is 0.253 e. The zero-order valence-electron chi connectivity index (χ0n) is 19.6. The highest BCUT2D eigenvalue weighted by Gasteiger charge is 2.32. The number of nitrogens with zero attached hydrogens (tertiary/aromatic N) is 3. The highest BCUT2D eigenvalue weighted by atomic mass is 35.5. The van der Waals surface area contributed by atoms with Gasteiger partial charge < -0.3 is 20.0 Å². The van der Waals surface area contributed by atoms with E-state index in [1.807, 2.05) is 28.0 Å².